The van der Waals surface area contributed by atoms with Crippen molar-refractivity contribution in [3.05, 3.63) is 0 Å². The van der Waals surface area contributed by atoms with E-state index in [1.54, 1.807) is 0 Å². The van der Waals surface area contributed by atoms with Gasteiger partial charge in [0.05, 0.1) is 19.1 Å². The molecule has 0 amide bonds. The molecule has 156 valence electrons. The second-order valence-corrected chi connectivity index (χ2v) is 7.55. The summed E-state index contributed by atoms with van der Waals surface area (Å²) in [7, 11) is 0. The number of ether oxygens (including phenoxy) is 1. The van der Waals surface area contributed by atoms with Crippen molar-refractivity contribution in [2.45, 2.75) is 97.8 Å². The molecule has 4 nitrogen and oxygen atoms in total. The lowest BCUT2D eigenvalue weighted by Gasteiger charge is -2.18. The molecular formula is C22H45NO3. The van der Waals surface area contributed by atoms with Crippen LogP contribution in [0.2, 0.25) is 0 Å². The molecule has 0 aromatic heterocycles. The number of hydrogen-bond acceptors (Lipinski definition) is 4. The molecule has 0 aliphatic rings. The molecule has 0 bridgehead atoms. The molecule has 4 heteroatoms. The fraction of sp³-hybridized carbons (Fsp3) is 0.955. The number of unbranched alkanes of at least 4 members (excludes halogenated alkanes) is 9. The third kappa shape index (κ3) is 15.6. The standard InChI is InChI=1S/C22H45NO3/c1-4-6-7-8-9-12-15-20-26-22(25)21(3)16-13-10-11-14-17-23(5-2)18-19-24/h21,24H,4-20H2,1-3H3. The highest BCUT2D eigenvalue weighted by atomic mass is 16.5. The number of aliphatic hydroxyl groups excluding tert-OH is 1. The number of carbonyl (C=O) groups excluding carboxylic acids is 1. The third-order valence-corrected chi connectivity index (χ3v) is 5.12. The topological polar surface area (TPSA) is 49.8 Å². The lowest BCUT2D eigenvalue weighted by molar-refractivity contribution is -0.148. The molecule has 0 heterocycles. The lowest BCUT2D eigenvalue weighted by Crippen LogP contribution is -2.27. The van der Waals surface area contributed by atoms with Gasteiger partial charge in [0, 0.05) is 6.54 Å². The van der Waals surface area contributed by atoms with Gasteiger partial charge in [-0.05, 0) is 32.4 Å². The quantitative estimate of drug-likeness (QED) is 0.251. The molecule has 1 unspecified atom stereocenters. The maximum absolute atomic E-state index is 12.0. The highest BCUT2D eigenvalue weighted by molar-refractivity contribution is 5.71. The molecule has 0 saturated carbocycles. The fourth-order valence-corrected chi connectivity index (χ4v) is 3.20. The van der Waals surface area contributed by atoms with E-state index in [1.807, 2.05) is 6.92 Å². The van der Waals surface area contributed by atoms with Gasteiger partial charge in [-0.3, -0.25) is 4.79 Å². The van der Waals surface area contributed by atoms with Gasteiger partial charge in [0.2, 0.25) is 0 Å². The molecule has 0 saturated heterocycles. The normalized spacial score (nSPS) is 12.5. The molecule has 26 heavy (non-hydrogen) atoms. The molecule has 1 N–H and O–H groups in total. The maximum atomic E-state index is 12.0. The van der Waals surface area contributed by atoms with Crippen molar-refractivity contribution in [3.63, 3.8) is 0 Å². The van der Waals surface area contributed by atoms with E-state index in [2.05, 4.69) is 18.7 Å². The van der Waals surface area contributed by atoms with E-state index < -0.39 is 0 Å². The molecule has 0 aromatic carbocycles. The Hall–Kier alpha value is -0.610. The van der Waals surface area contributed by atoms with Crippen molar-refractivity contribution in [2.75, 3.05) is 32.8 Å². The molecule has 0 spiro atoms. The van der Waals surface area contributed by atoms with Gasteiger partial charge in [-0.2, -0.15) is 0 Å². The maximum Gasteiger partial charge on any atom is 0.308 e. The van der Waals surface area contributed by atoms with Gasteiger partial charge in [-0.15, -0.1) is 0 Å². The van der Waals surface area contributed by atoms with Crippen molar-refractivity contribution in [3.8, 4) is 0 Å². The molecular weight excluding hydrogens is 326 g/mol. The minimum atomic E-state index is -0.0175. The van der Waals surface area contributed by atoms with Crippen LogP contribution in [0, 0.1) is 5.92 Å². The molecule has 0 rings (SSSR count). The number of aliphatic hydroxyl groups is 1. The third-order valence-electron chi connectivity index (χ3n) is 5.12. The SMILES string of the molecule is CCCCCCCCCOC(=O)C(C)CCCCCCN(CC)CCO. The minimum Gasteiger partial charge on any atom is -0.465 e. The first-order chi connectivity index (χ1) is 12.7. The Morgan fingerprint density at radius 3 is 2.15 bits per heavy atom. The van der Waals surface area contributed by atoms with Crippen LogP contribution in [-0.2, 0) is 9.53 Å². The summed E-state index contributed by atoms with van der Waals surface area (Å²) in [4.78, 5) is 14.3. The van der Waals surface area contributed by atoms with Crippen LogP contribution in [0.1, 0.15) is 97.8 Å². The van der Waals surface area contributed by atoms with Gasteiger partial charge >= 0.3 is 5.97 Å². The van der Waals surface area contributed by atoms with Gasteiger partial charge in [-0.1, -0.05) is 78.6 Å². The first kappa shape index (κ1) is 25.4. The molecule has 0 radical (unpaired) electrons. The van der Waals surface area contributed by atoms with Gasteiger partial charge < -0.3 is 14.7 Å². The van der Waals surface area contributed by atoms with Gasteiger partial charge in [0.25, 0.3) is 0 Å². The van der Waals surface area contributed by atoms with E-state index in [9.17, 15) is 4.79 Å². The second kappa shape index (κ2) is 19.2. The number of nitrogens with zero attached hydrogens (tertiary/aromatic N) is 1. The first-order valence-electron chi connectivity index (χ1n) is 11.2. The van der Waals surface area contributed by atoms with E-state index in [1.165, 1.54) is 57.8 Å². The number of likely N-dealkylation sites (N-methyl/N-ethyl adjacent to an activating group) is 1. The summed E-state index contributed by atoms with van der Waals surface area (Å²) < 4.78 is 5.41. The zero-order valence-electron chi connectivity index (χ0n) is 17.8. The second-order valence-electron chi connectivity index (χ2n) is 7.55. The van der Waals surface area contributed by atoms with E-state index >= 15 is 0 Å². The smallest absolute Gasteiger partial charge is 0.308 e. The first-order valence-corrected chi connectivity index (χ1v) is 11.2. The average Bonchev–Trinajstić information content (AvgIpc) is 2.65. The van der Waals surface area contributed by atoms with Gasteiger partial charge in [0.15, 0.2) is 0 Å². The molecule has 0 aliphatic heterocycles. The van der Waals surface area contributed by atoms with E-state index in [0.717, 1.165) is 38.9 Å². The van der Waals surface area contributed by atoms with E-state index in [0.29, 0.717) is 6.61 Å². The fourth-order valence-electron chi connectivity index (χ4n) is 3.20. The average molecular weight is 372 g/mol. The number of rotatable bonds is 19. The van der Waals surface area contributed by atoms with Crippen LogP contribution in [0.15, 0.2) is 0 Å². The van der Waals surface area contributed by atoms with Crippen LogP contribution in [0.3, 0.4) is 0 Å². The zero-order valence-corrected chi connectivity index (χ0v) is 17.8. The number of esters is 1. The van der Waals surface area contributed by atoms with E-state index in [-0.39, 0.29) is 18.5 Å². The van der Waals surface area contributed by atoms with Crippen LogP contribution in [0.25, 0.3) is 0 Å². The summed E-state index contributed by atoms with van der Waals surface area (Å²) in [5, 5.41) is 8.97. The summed E-state index contributed by atoms with van der Waals surface area (Å²) in [6.07, 6.45) is 14.3. The molecule has 0 aromatic rings. The Labute approximate surface area is 162 Å². The summed E-state index contributed by atoms with van der Waals surface area (Å²) >= 11 is 0. The number of carbonyl (C=O) groups is 1. The van der Waals surface area contributed by atoms with Crippen molar-refractivity contribution >= 4 is 5.97 Å². The van der Waals surface area contributed by atoms with Crippen molar-refractivity contribution < 1.29 is 14.6 Å². The zero-order chi connectivity index (χ0) is 19.5. The monoisotopic (exact) mass is 371 g/mol. The lowest BCUT2D eigenvalue weighted by atomic mass is 10.0. The largest absolute Gasteiger partial charge is 0.465 e. The van der Waals surface area contributed by atoms with Crippen LogP contribution < -0.4 is 0 Å². The van der Waals surface area contributed by atoms with Crippen molar-refractivity contribution in [2.24, 2.45) is 5.92 Å². The Morgan fingerprint density at radius 2 is 1.50 bits per heavy atom. The highest BCUT2D eigenvalue weighted by Crippen LogP contribution is 2.13. The molecule has 0 aliphatic carbocycles. The summed E-state index contributed by atoms with van der Waals surface area (Å²) in [5.74, 6) is 0.0113. The predicted molar refractivity (Wildman–Crippen MR) is 110 cm³/mol. The Bertz CT molecular complexity index is 310. The molecule has 1 atom stereocenters. The van der Waals surface area contributed by atoms with E-state index in [4.69, 9.17) is 9.84 Å². The summed E-state index contributed by atoms with van der Waals surface area (Å²) in [6, 6.07) is 0. The summed E-state index contributed by atoms with van der Waals surface area (Å²) in [6.45, 7) is 10.0. The van der Waals surface area contributed by atoms with Crippen LogP contribution in [-0.4, -0.2) is 48.8 Å². The van der Waals surface area contributed by atoms with Crippen LogP contribution in [0.4, 0.5) is 0 Å². The Balaban J connectivity index is 3.47. The van der Waals surface area contributed by atoms with Gasteiger partial charge in [-0.25, -0.2) is 0 Å². The Kier molecular flexibility index (Phi) is 18.7. The molecule has 0 fully saturated rings. The van der Waals surface area contributed by atoms with Crippen molar-refractivity contribution in [1.82, 2.24) is 4.90 Å². The van der Waals surface area contributed by atoms with Crippen LogP contribution in [0.5, 0.6) is 0 Å². The Morgan fingerprint density at radius 1 is 0.885 bits per heavy atom. The number of hydrogen-bond donors (Lipinski definition) is 1. The summed E-state index contributed by atoms with van der Waals surface area (Å²) in [5.41, 5.74) is 0. The van der Waals surface area contributed by atoms with Crippen LogP contribution >= 0.6 is 0 Å². The highest BCUT2D eigenvalue weighted by Gasteiger charge is 2.13. The van der Waals surface area contributed by atoms with Gasteiger partial charge in [0.1, 0.15) is 0 Å². The van der Waals surface area contributed by atoms with Crippen molar-refractivity contribution in [1.29, 1.82) is 0 Å². The minimum absolute atomic E-state index is 0.0175. The predicted octanol–water partition coefficient (Wildman–Crippen LogP) is 5.18.